The third-order valence-electron chi connectivity index (χ3n) is 3.90. The predicted molar refractivity (Wildman–Crippen MR) is 74.5 cm³/mol. The van der Waals surface area contributed by atoms with Crippen LogP contribution in [0.1, 0.15) is 26.2 Å². The molecule has 2 rings (SSSR count). The Balaban J connectivity index is 1.98. The topological polar surface area (TPSA) is 15.3 Å². The van der Waals surface area contributed by atoms with E-state index in [-0.39, 0.29) is 5.82 Å². The molecular formula is C15H23FN2. The quantitative estimate of drug-likeness (QED) is 0.864. The van der Waals surface area contributed by atoms with Crippen LogP contribution in [0.2, 0.25) is 0 Å². The first-order valence-corrected chi connectivity index (χ1v) is 6.91. The van der Waals surface area contributed by atoms with Crippen molar-refractivity contribution in [2.45, 2.75) is 32.2 Å². The van der Waals surface area contributed by atoms with Crippen LogP contribution < -0.4 is 10.2 Å². The molecule has 2 atom stereocenters. The van der Waals surface area contributed by atoms with Crippen LogP contribution in [0.4, 0.5) is 10.1 Å². The molecule has 0 bridgehead atoms. The molecule has 1 fully saturated rings. The maximum atomic E-state index is 13.7. The molecule has 1 aromatic carbocycles. The number of para-hydroxylation sites is 1. The van der Waals surface area contributed by atoms with Crippen LogP contribution in [0.15, 0.2) is 24.3 Å². The van der Waals surface area contributed by atoms with E-state index in [9.17, 15) is 4.39 Å². The summed E-state index contributed by atoms with van der Waals surface area (Å²) < 4.78 is 13.7. The Morgan fingerprint density at radius 2 is 2.11 bits per heavy atom. The summed E-state index contributed by atoms with van der Waals surface area (Å²) in [6.07, 6.45) is 3.79. The van der Waals surface area contributed by atoms with Crippen LogP contribution in [-0.2, 0) is 0 Å². The van der Waals surface area contributed by atoms with Crippen LogP contribution in [0.5, 0.6) is 0 Å². The average molecular weight is 250 g/mol. The molecule has 3 heteroatoms. The maximum Gasteiger partial charge on any atom is 0.146 e. The standard InChI is InChI=1S/C15H23FN2/c1-3-17-14-9-6-7-12(14)11-18(2)15-10-5-4-8-13(15)16/h4-5,8,10,12,14,17H,3,6-7,9,11H2,1-2H3. The second kappa shape index (κ2) is 6.19. The van der Waals surface area contributed by atoms with Crippen molar-refractivity contribution in [3.8, 4) is 0 Å². The summed E-state index contributed by atoms with van der Waals surface area (Å²) in [4.78, 5) is 2.05. The van der Waals surface area contributed by atoms with Gasteiger partial charge in [-0.3, -0.25) is 0 Å². The van der Waals surface area contributed by atoms with Crippen molar-refractivity contribution in [3.05, 3.63) is 30.1 Å². The molecule has 100 valence electrons. The number of nitrogens with zero attached hydrogens (tertiary/aromatic N) is 1. The van der Waals surface area contributed by atoms with Gasteiger partial charge in [0.15, 0.2) is 0 Å². The summed E-state index contributed by atoms with van der Waals surface area (Å²) in [6.45, 7) is 4.10. The van der Waals surface area contributed by atoms with Crippen molar-refractivity contribution in [2.24, 2.45) is 5.92 Å². The second-order valence-electron chi connectivity index (χ2n) is 5.19. The van der Waals surface area contributed by atoms with Crippen LogP contribution in [-0.4, -0.2) is 26.2 Å². The van der Waals surface area contributed by atoms with Gasteiger partial charge in [0.05, 0.1) is 5.69 Å². The van der Waals surface area contributed by atoms with E-state index in [4.69, 9.17) is 0 Å². The molecule has 0 aromatic heterocycles. The Hall–Kier alpha value is -1.09. The number of hydrogen-bond acceptors (Lipinski definition) is 2. The van der Waals surface area contributed by atoms with E-state index in [0.29, 0.717) is 17.6 Å². The van der Waals surface area contributed by atoms with Crippen LogP contribution in [0.3, 0.4) is 0 Å². The first kappa shape index (κ1) is 13.3. The van der Waals surface area contributed by atoms with Gasteiger partial charge in [-0.05, 0) is 37.4 Å². The van der Waals surface area contributed by atoms with E-state index in [1.54, 1.807) is 6.07 Å². The SMILES string of the molecule is CCNC1CCCC1CN(C)c1ccccc1F. The zero-order valence-corrected chi connectivity index (χ0v) is 11.3. The van der Waals surface area contributed by atoms with Crippen molar-refractivity contribution in [1.29, 1.82) is 0 Å². The minimum absolute atomic E-state index is 0.127. The fraction of sp³-hybridized carbons (Fsp3) is 0.600. The van der Waals surface area contributed by atoms with E-state index in [1.165, 1.54) is 25.3 Å². The van der Waals surface area contributed by atoms with Gasteiger partial charge in [0.2, 0.25) is 0 Å². The van der Waals surface area contributed by atoms with Crippen LogP contribution in [0.25, 0.3) is 0 Å². The number of hydrogen-bond donors (Lipinski definition) is 1. The van der Waals surface area contributed by atoms with Gasteiger partial charge in [-0.1, -0.05) is 25.5 Å². The average Bonchev–Trinajstić information content (AvgIpc) is 2.78. The fourth-order valence-corrected chi connectivity index (χ4v) is 3.00. The lowest BCUT2D eigenvalue weighted by Gasteiger charge is -2.27. The Kier molecular flexibility index (Phi) is 4.59. The van der Waals surface area contributed by atoms with Gasteiger partial charge in [0, 0.05) is 19.6 Å². The monoisotopic (exact) mass is 250 g/mol. The van der Waals surface area contributed by atoms with E-state index in [2.05, 4.69) is 17.1 Å². The van der Waals surface area contributed by atoms with Gasteiger partial charge >= 0.3 is 0 Å². The molecule has 18 heavy (non-hydrogen) atoms. The van der Waals surface area contributed by atoms with Gasteiger partial charge in [-0.25, -0.2) is 4.39 Å². The smallest absolute Gasteiger partial charge is 0.146 e. The van der Waals surface area contributed by atoms with E-state index < -0.39 is 0 Å². The summed E-state index contributed by atoms with van der Waals surface area (Å²) in [5, 5.41) is 3.55. The van der Waals surface area contributed by atoms with Crippen molar-refractivity contribution in [1.82, 2.24) is 5.32 Å². The van der Waals surface area contributed by atoms with Crippen molar-refractivity contribution in [2.75, 3.05) is 25.0 Å². The highest BCUT2D eigenvalue weighted by molar-refractivity contribution is 5.46. The minimum atomic E-state index is -0.127. The molecule has 0 amide bonds. The summed E-state index contributed by atoms with van der Waals surface area (Å²) in [5.74, 6) is 0.507. The number of anilines is 1. The maximum absolute atomic E-state index is 13.7. The number of halogens is 1. The zero-order chi connectivity index (χ0) is 13.0. The van der Waals surface area contributed by atoms with Gasteiger partial charge < -0.3 is 10.2 Å². The molecule has 2 unspecified atom stereocenters. The minimum Gasteiger partial charge on any atom is -0.372 e. The number of benzene rings is 1. The molecule has 0 saturated heterocycles. The molecule has 0 spiro atoms. The highest BCUT2D eigenvalue weighted by Crippen LogP contribution is 2.28. The molecule has 1 aliphatic carbocycles. The Bertz CT molecular complexity index is 381. The first-order chi connectivity index (χ1) is 8.72. The van der Waals surface area contributed by atoms with E-state index >= 15 is 0 Å². The lowest BCUT2D eigenvalue weighted by atomic mass is 10.0. The number of rotatable bonds is 5. The summed E-state index contributed by atoms with van der Waals surface area (Å²) in [7, 11) is 1.99. The summed E-state index contributed by atoms with van der Waals surface area (Å²) >= 11 is 0. The largest absolute Gasteiger partial charge is 0.372 e. The normalized spacial score (nSPS) is 23.3. The summed E-state index contributed by atoms with van der Waals surface area (Å²) in [5.41, 5.74) is 0.708. The lowest BCUT2D eigenvalue weighted by Crippen LogP contribution is -2.38. The highest BCUT2D eigenvalue weighted by Gasteiger charge is 2.27. The predicted octanol–water partition coefficient (Wildman–Crippen LogP) is 3.04. The van der Waals surface area contributed by atoms with E-state index in [0.717, 1.165) is 13.1 Å². The van der Waals surface area contributed by atoms with Gasteiger partial charge in [0.1, 0.15) is 5.82 Å². The Morgan fingerprint density at radius 3 is 2.83 bits per heavy atom. The molecule has 1 aromatic rings. The van der Waals surface area contributed by atoms with Gasteiger partial charge in [-0.2, -0.15) is 0 Å². The van der Waals surface area contributed by atoms with Crippen LogP contribution in [0, 0.1) is 11.7 Å². The van der Waals surface area contributed by atoms with Crippen molar-refractivity contribution in [3.63, 3.8) is 0 Å². The van der Waals surface area contributed by atoms with Gasteiger partial charge in [0.25, 0.3) is 0 Å². The molecule has 1 saturated carbocycles. The first-order valence-electron chi connectivity index (χ1n) is 6.91. The molecule has 0 radical (unpaired) electrons. The molecule has 2 nitrogen and oxygen atoms in total. The highest BCUT2D eigenvalue weighted by atomic mass is 19.1. The molecule has 1 N–H and O–H groups in total. The van der Waals surface area contributed by atoms with Crippen LogP contribution >= 0.6 is 0 Å². The molecular weight excluding hydrogens is 227 g/mol. The molecule has 0 heterocycles. The van der Waals surface area contributed by atoms with Gasteiger partial charge in [-0.15, -0.1) is 0 Å². The third-order valence-corrected chi connectivity index (χ3v) is 3.90. The second-order valence-corrected chi connectivity index (χ2v) is 5.19. The van der Waals surface area contributed by atoms with Crippen molar-refractivity contribution >= 4 is 5.69 Å². The Labute approximate surface area is 109 Å². The Morgan fingerprint density at radius 1 is 1.33 bits per heavy atom. The summed E-state index contributed by atoms with van der Waals surface area (Å²) in [6, 6.07) is 7.62. The molecule has 1 aliphatic rings. The third kappa shape index (κ3) is 3.02. The van der Waals surface area contributed by atoms with E-state index in [1.807, 2.05) is 19.2 Å². The fourth-order valence-electron chi connectivity index (χ4n) is 3.00. The van der Waals surface area contributed by atoms with Crippen molar-refractivity contribution < 1.29 is 4.39 Å². The zero-order valence-electron chi connectivity index (χ0n) is 11.3. The molecule has 0 aliphatic heterocycles. The number of nitrogens with one attached hydrogen (secondary N) is 1. The lowest BCUT2D eigenvalue weighted by molar-refractivity contribution is 0.410.